The first-order valence-electron chi connectivity index (χ1n) is 13.8. The van der Waals surface area contributed by atoms with E-state index in [9.17, 15) is 5.11 Å². The molecule has 0 unspecified atom stereocenters. The van der Waals surface area contributed by atoms with E-state index >= 15 is 0 Å². The zero-order valence-electron chi connectivity index (χ0n) is 23.4. The minimum atomic E-state index is 0.196. The Morgan fingerprint density at radius 3 is 2.73 bits per heavy atom. The van der Waals surface area contributed by atoms with Crippen LogP contribution in [0.5, 0.6) is 17.4 Å². The van der Waals surface area contributed by atoms with Crippen molar-refractivity contribution in [2.45, 2.75) is 39.7 Å². The number of H-pyrrole nitrogens is 1. The van der Waals surface area contributed by atoms with Crippen LogP contribution < -0.4 is 14.8 Å². The number of hydrogen-bond acceptors (Lipinski definition) is 5. The Morgan fingerprint density at radius 1 is 1.10 bits per heavy atom. The molecule has 6 aromatic rings. The van der Waals surface area contributed by atoms with Crippen LogP contribution in [-0.4, -0.2) is 38.2 Å². The molecule has 0 bridgehead atoms. The monoisotopic (exact) mass is 535 g/mol. The van der Waals surface area contributed by atoms with Gasteiger partial charge in [0.05, 0.1) is 36.0 Å². The van der Waals surface area contributed by atoms with Crippen LogP contribution in [0.25, 0.3) is 43.7 Å². The summed E-state index contributed by atoms with van der Waals surface area (Å²) in [5.41, 5.74) is 8.73. The summed E-state index contributed by atoms with van der Waals surface area (Å²) in [5.74, 6) is 1.73. The van der Waals surface area contributed by atoms with Gasteiger partial charge in [-0.1, -0.05) is 0 Å². The third-order valence-corrected chi connectivity index (χ3v) is 8.03. The van der Waals surface area contributed by atoms with Gasteiger partial charge in [-0.2, -0.15) is 5.10 Å². The number of benzene rings is 3. The minimum Gasteiger partial charge on any atom is -0.495 e. The Morgan fingerprint density at radius 2 is 1.95 bits per heavy atom. The molecule has 0 saturated carbocycles. The number of hydrogen-bond donors (Lipinski definition) is 3. The summed E-state index contributed by atoms with van der Waals surface area (Å²) in [4.78, 5) is 3.12. The number of fused-ring (bicyclic) bond motifs is 10. The molecule has 40 heavy (non-hydrogen) atoms. The van der Waals surface area contributed by atoms with Gasteiger partial charge in [0.2, 0.25) is 0 Å². The van der Waals surface area contributed by atoms with E-state index in [0.717, 1.165) is 79.6 Å². The van der Waals surface area contributed by atoms with Gasteiger partial charge in [-0.15, -0.1) is 0 Å². The van der Waals surface area contributed by atoms with E-state index in [1.54, 1.807) is 7.11 Å². The lowest BCUT2D eigenvalue weighted by molar-refractivity contribution is 0.339. The molecule has 8 heteroatoms. The third kappa shape index (κ3) is 3.48. The van der Waals surface area contributed by atoms with Crippen LogP contribution in [0.4, 0.5) is 11.4 Å². The molecule has 1 aliphatic carbocycles. The number of nitrogens with one attached hydrogen (secondary N) is 2. The molecule has 0 amide bonds. The van der Waals surface area contributed by atoms with E-state index < -0.39 is 0 Å². The second-order valence-electron chi connectivity index (χ2n) is 10.8. The summed E-state index contributed by atoms with van der Waals surface area (Å²) in [7, 11) is 3.63. The van der Waals surface area contributed by atoms with Gasteiger partial charge in [-0.3, -0.25) is 4.68 Å². The average Bonchev–Trinajstić information content (AvgIpc) is 3.61. The number of ether oxygens (including phenoxy) is 2. The van der Waals surface area contributed by atoms with Crippen LogP contribution in [0, 0.1) is 0 Å². The van der Waals surface area contributed by atoms with Gasteiger partial charge in [0, 0.05) is 70.0 Å². The van der Waals surface area contributed by atoms with Crippen molar-refractivity contribution in [3.63, 3.8) is 0 Å². The lowest BCUT2D eigenvalue weighted by Crippen LogP contribution is -2.08. The molecule has 3 heterocycles. The fourth-order valence-electron chi connectivity index (χ4n) is 6.54. The molecule has 0 aliphatic heterocycles. The van der Waals surface area contributed by atoms with Gasteiger partial charge < -0.3 is 29.4 Å². The molecular formula is C32H33N5O3. The Labute approximate surface area is 232 Å². The number of aromatic amines is 1. The highest BCUT2D eigenvalue weighted by Crippen LogP contribution is 2.50. The predicted molar refractivity (Wildman–Crippen MR) is 160 cm³/mol. The maximum Gasteiger partial charge on any atom is 0.197 e. The SMILES string of the molecule is CCOc1ccc(OC)c(Nc2ccc3c(c2)c2c4c[nH]c(O)c4c4c(c2n3C(C)C)CCc2nn(C)cc2-4)c1. The highest BCUT2D eigenvalue weighted by Gasteiger charge is 2.30. The van der Waals surface area contributed by atoms with Gasteiger partial charge in [-0.25, -0.2) is 0 Å². The van der Waals surface area contributed by atoms with Crippen molar-refractivity contribution < 1.29 is 14.6 Å². The maximum absolute atomic E-state index is 11.1. The molecule has 3 N–H and O–H groups in total. The molecule has 8 nitrogen and oxygen atoms in total. The van der Waals surface area contributed by atoms with Gasteiger partial charge in [0.25, 0.3) is 0 Å². The highest BCUT2D eigenvalue weighted by molar-refractivity contribution is 6.26. The van der Waals surface area contributed by atoms with Crippen LogP contribution in [-0.2, 0) is 19.9 Å². The molecule has 0 atom stereocenters. The zero-order chi connectivity index (χ0) is 27.7. The minimum absolute atomic E-state index is 0.196. The summed E-state index contributed by atoms with van der Waals surface area (Å²) in [6.45, 7) is 7.04. The van der Waals surface area contributed by atoms with Crippen molar-refractivity contribution in [2.24, 2.45) is 7.05 Å². The second-order valence-corrected chi connectivity index (χ2v) is 10.8. The van der Waals surface area contributed by atoms with Crippen molar-refractivity contribution in [3.05, 3.63) is 60.0 Å². The maximum atomic E-state index is 11.1. The fourth-order valence-corrected chi connectivity index (χ4v) is 6.54. The lowest BCUT2D eigenvalue weighted by Gasteiger charge is -2.21. The quantitative estimate of drug-likeness (QED) is 0.210. The summed E-state index contributed by atoms with van der Waals surface area (Å²) >= 11 is 0. The first-order valence-corrected chi connectivity index (χ1v) is 13.8. The van der Waals surface area contributed by atoms with Crippen molar-refractivity contribution in [1.29, 1.82) is 0 Å². The normalized spacial score (nSPS) is 12.8. The van der Waals surface area contributed by atoms with E-state index in [0.29, 0.717) is 6.61 Å². The molecule has 3 aromatic carbocycles. The molecule has 0 spiro atoms. The highest BCUT2D eigenvalue weighted by atomic mass is 16.5. The van der Waals surface area contributed by atoms with Gasteiger partial charge in [-0.05, 0) is 69.5 Å². The Hall–Kier alpha value is -4.59. The zero-order valence-corrected chi connectivity index (χ0v) is 23.4. The molecule has 1 aliphatic rings. The first kappa shape index (κ1) is 24.5. The second kappa shape index (κ2) is 8.98. The first-order chi connectivity index (χ1) is 19.4. The molecule has 0 fully saturated rings. The summed E-state index contributed by atoms with van der Waals surface area (Å²) in [5, 5.41) is 23.6. The molecular weight excluding hydrogens is 502 g/mol. The molecule has 3 aromatic heterocycles. The Kier molecular flexibility index (Phi) is 5.49. The van der Waals surface area contributed by atoms with Crippen molar-refractivity contribution >= 4 is 44.0 Å². The van der Waals surface area contributed by atoms with Crippen molar-refractivity contribution in [2.75, 3.05) is 19.0 Å². The number of nitrogens with zero attached hydrogens (tertiary/aromatic N) is 3. The summed E-state index contributed by atoms with van der Waals surface area (Å²) < 4.78 is 15.7. The van der Waals surface area contributed by atoms with E-state index in [1.807, 2.05) is 43.0 Å². The molecule has 204 valence electrons. The van der Waals surface area contributed by atoms with E-state index in [2.05, 4.69) is 53.1 Å². The van der Waals surface area contributed by atoms with Crippen molar-refractivity contribution in [3.8, 4) is 28.5 Å². The molecule has 0 saturated heterocycles. The van der Waals surface area contributed by atoms with Crippen LogP contribution in [0.3, 0.4) is 0 Å². The van der Waals surface area contributed by atoms with E-state index in [4.69, 9.17) is 14.6 Å². The molecule has 7 rings (SSSR count). The van der Waals surface area contributed by atoms with Gasteiger partial charge in [0.1, 0.15) is 11.5 Å². The number of aromatic nitrogens is 4. The predicted octanol–water partition coefficient (Wildman–Crippen LogP) is 7.21. The smallest absolute Gasteiger partial charge is 0.197 e. The number of anilines is 2. The lowest BCUT2D eigenvalue weighted by atomic mass is 9.85. The fraction of sp³-hybridized carbons (Fsp3) is 0.281. The summed E-state index contributed by atoms with van der Waals surface area (Å²) in [6.07, 6.45) is 5.76. The van der Waals surface area contributed by atoms with Gasteiger partial charge in [0.15, 0.2) is 5.88 Å². The van der Waals surface area contributed by atoms with Crippen LogP contribution >= 0.6 is 0 Å². The number of methoxy groups -OCH3 is 1. The summed E-state index contributed by atoms with van der Waals surface area (Å²) in [6, 6.07) is 12.6. The topological polar surface area (TPSA) is 89.3 Å². The third-order valence-electron chi connectivity index (χ3n) is 8.03. The average molecular weight is 536 g/mol. The Balaban J connectivity index is 1.52. The number of aromatic hydroxyl groups is 1. The Bertz CT molecular complexity index is 1940. The van der Waals surface area contributed by atoms with E-state index in [1.165, 1.54) is 11.1 Å². The van der Waals surface area contributed by atoms with E-state index in [-0.39, 0.29) is 11.9 Å². The van der Waals surface area contributed by atoms with Gasteiger partial charge >= 0.3 is 0 Å². The number of aryl methyl sites for hydroxylation is 3. The van der Waals surface area contributed by atoms with Crippen LogP contribution in [0.15, 0.2) is 48.8 Å². The van der Waals surface area contributed by atoms with Crippen LogP contribution in [0.2, 0.25) is 0 Å². The van der Waals surface area contributed by atoms with Crippen LogP contribution in [0.1, 0.15) is 38.1 Å². The standard InChI is InChI=1S/C32H33N5O3/c1-6-40-19-8-12-27(39-5)25(14-19)34-18-7-11-26-21(13-18)29-22-15-33-32(38)30(22)28-20(31(29)37(26)17(2)3)9-10-24-23(28)16-36(4)35-24/h7-8,11-17,33-34,38H,6,9-10H2,1-5H3. The largest absolute Gasteiger partial charge is 0.495 e. The number of rotatable bonds is 6. The van der Waals surface area contributed by atoms with Crippen molar-refractivity contribution in [1.82, 2.24) is 19.3 Å². The molecule has 0 radical (unpaired) electrons.